The summed E-state index contributed by atoms with van der Waals surface area (Å²) in [6.07, 6.45) is 0.906. The van der Waals surface area contributed by atoms with E-state index >= 15 is 0 Å². The molecule has 0 bridgehead atoms. The van der Waals surface area contributed by atoms with Crippen molar-refractivity contribution in [3.63, 3.8) is 0 Å². The molecular formula is C20H20FN3OS. The van der Waals surface area contributed by atoms with E-state index < -0.39 is 0 Å². The standard InChI is InChI=1S/C20H20FN3OS/c1-3-14-8-5-7-11-17(14)24-20-23-13(2)18(26-20)19(25)22-12-15-9-4-6-10-16(15)21/h4-11H,3,12H2,1-2H3,(H,22,25)(H,23,24). The molecule has 4 nitrogen and oxygen atoms in total. The molecule has 1 aromatic heterocycles. The van der Waals surface area contributed by atoms with Crippen molar-refractivity contribution in [2.75, 3.05) is 5.32 Å². The lowest BCUT2D eigenvalue weighted by Crippen LogP contribution is -2.23. The topological polar surface area (TPSA) is 54.0 Å². The molecule has 0 aliphatic heterocycles. The predicted octanol–water partition coefficient (Wildman–Crippen LogP) is 4.83. The van der Waals surface area contributed by atoms with E-state index in [4.69, 9.17) is 0 Å². The summed E-state index contributed by atoms with van der Waals surface area (Å²) in [5.74, 6) is -0.576. The zero-order valence-electron chi connectivity index (χ0n) is 14.7. The molecule has 0 aliphatic rings. The number of rotatable bonds is 6. The third-order valence-electron chi connectivity index (χ3n) is 4.04. The molecule has 0 radical (unpaired) electrons. The summed E-state index contributed by atoms with van der Waals surface area (Å²) >= 11 is 1.29. The number of halogens is 1. The van der Waals surface area contributed by atoms with Crippen molar-refractivity contribution in [2.24, 2.45) is 0 Å². The van der Waals surface area contributed by atoms with Crippen molar-refractivity contribution in [3.05, 3.63) is 76.0 Å². The van der Waals surface area contributed by atoms with Crippen molar-refractivity contribution in [1.29, 1.82) is 0 Å². The number of aryl methyl sites for hydroxylation is 2. The first-order chi connectivity index (χ1) is 12.6. The summed E-state index contributed by atoms with van der Waals surface area (Å²) in [4.78, 5) is 17.4. The molecule has 1 heterocycles. The first-order valence-electron chi connectivity index (χ1n) is 8.42. The molecule has 2 N–H and O–H groups in total. The highest BCUT2D eigenvalue weighted by Crippen LogP contribution is 2.27. The molecule has 1 amide bonds. The second-order valence-electron chi connectivity index (χ2n) is 5.84. The van der Waals surface area contributed by atoms with Crippen LogP contribution in [0.3, 0.4) is 0 Å². The fraction of sp³-hybridized carbons (Fsp3) is 0.200. The van der Waals surface area contributed by atoms with Gasteiger partial charge in [0.2, 0.25) is 0 Å². The summed E-state index contributed by atoms with van der Waals surface area (Å²) in [6.45, 7) is 4.03. The summed E-state index contributed by atoms with van der Waals surface area (Å²) < 4.78 is 13.7. The molecule has 2 aromatic carbocycles. The molecule has 0 saturated carbocycles. The summed E-state index contributed by atoms with van der Waals surface area (Å²) in [6, 6.07) is 14.4. The van der Waals surface area contributed by atoms with Gasteiger partial charge in [-0.05, 0) is 31.0 Å². The van der Waals surface area contributed by atoms with E-state index in [-0.39, 0.29) is 18.3 Å². The average molecular weight is 369 g/mol. The SMILES string of the molecule is CCc1ccccc1Nc1nc(C)c(C(=O)NCc2ccccc2F)s1. The Hall–Kier alpha value is -2.73. The quantitative estimate of drug-likeness (QED) is 0.654. The Morgan fingerprint density at radius 2 is 1.81 bits per heavy atom. The number of para-hydroxylation sites is 1. The highest BCUT2D eigenvalue weighted by Gasteiger charge is 2.16. The fourth-order valence-electron chi connectivity index (χ4n) is 2.62. The van der Waals surface area contributed by atoms with E-state index in [0.29, 0.717) is 21.3 Å². The minimum Gasteiger partial charge on any atom is -0.347 e. The van der Waals surface area contributed by atoms with Gasteiger partial charge >= 0.3 is 0 Å². The number of nitrogens with zero attached hydrogens (tertiary/aromatic N) is 1. The van der Waals surface area contributed by atoms with Crippen molar-refractivity contribution in [1.82, 2.24) is 10.3 Å². The van der Waals surface area contributed by atoms with Gasteiger partial charge in [0.25, 0.3) is 5.91 Å². The van der Waals surface area contributed by atoms with Gasteiger partial charge in [-0.25, -0.2) is 9.37 Å². The summed E-state index contributed by atoms with van der Waals surface area (Å²) in [5, 5.41) is 6.72. The van der Waals surface area contributed by atoms with Gasteiger partial charge in [0, 0.05) is 17.8 Å². The Labute approximate surface area is 156 Å². The second kappa shape index (κ2) is 8.10. The van der Waals surface area contributed by atoms with E-state index in [2.05, 4.69) is 28.6 Å². The van der Waals surface area contributed by atoms with Gasteiger partial charge in [0.05, 0.1) is 5.69 Å². The molecule has 3 aromatic rings. The molecule has 26 heavy (non-hydrogen) atoms. The smallest absolute Gasteiger partial charge is 0.263 e. The number of thiazole rings is 1. The van der Waals surface area contributed by atoms with Gasteiger partial charge in [0.15, 0.2) is 5.13 Å². The zero-order valence-corrected chi connectivity index (χ0v) is 15.5. The predicted molar refractivity (Wildman–Crippen MR) is 104 cm³/mol. The van der Waals surface area contributed by atoms with Gasteiger partial charge in [0.1, 0.15) is 10.7 Å². The van der Waals surface area contributed by atoms with Crippen LogP contribution in [0.1, 0.15) is 33.4 Å². The lowest BCUT2D eigenvalue weighted by atomic mass is 10.1. The third kappa shape index (κ3) is 4.08. The maximum atomic E-state index is 13.7. The fourth-order valence-corrected chi connectivity index (χ4v) is 3.52. The van der Waals surface area contributed by atoms with Gasteiger partial charge in [-0.1, -0.05) is 54.7 Å². The summed E-state index contributed by atoms with van der Waals surface area (Å²) in [7, 11) is 0. The van der Waals surface area contributed by atoms with Gasteiger partial charge in [-0.15, -0.1) is 0 Å². The number of carbonyl (C=O) groups is 1. The highest BCUT2D eigenvalue weighted by molar-refractivity contribution is 7.17. The molecule has 134 valence electrons. The molecule has 0 saturated heterocycles. The Morgan fingerprint density at radius 3 is 2.54 bits per heavy atom. The number of benzene rings is 2. The summed E-state index contributed by atoms with van der Waals surface area (Å²) in [5.41, 5.74) is 3.28. The Morgan fingerprint density at radius 1 is 1.12 bits per heavy atom. The highest BCUT2D eigenvalue weighted by atomic mass is 32.1. The molecule has 3 rings (SSSR count). The second-order valence-corrected chi connectivity index (χ2v) is 6.84. The van der Waals surface area contributed by atoms with Crippen molar-refractivity contribution in [3.8, 4) is 0 Å². The lowest BCUT2D eigenvalue weighted by molar-refractivity contribution is 0.0954. The molecule has 0 spiro atoms. The van der Waals surface area contributed by atoms with Crippen LogP contribution in [0.2, 0.25) is 0 Å². The Bertz CT molecular complexity index is 923. The van der Waals surface area contributed by atoms with Crippen LogP contribution in [-0.2, 0) is 13.0 Å². The Balaban J connectivity index is 1.71. The Kier molecular flexibility index (Phi) is 5.63. The minimum absolute atomic E-state index is 0.143. The molecule has 0 fully saturated rings. The normalized spacial score (nSPS) is 10.6. The maximum absolute atomic E-state index is 13.7. The van der Waals surface area contributed by atoms with E-state index in [9.17, 15) is 9.18 Å². The molecular weight excluding hydrogens is 349 g/mol. The van der Waals surface area contributed by atoms with Crippen LogP contribution < -0.4 is 10.6 Å². The largest absolute Gasteiger partial charge is 0.347 e. The van der Waals surface area contributed by atoms with E-state index in [1.54, 1.807) is 25.1 Å². The van der Waals surface area contributed by atoms with Crippen LogP contribution in [0, 0.1) is 12.7 Å². The average Bonchev–Trinajstić information content (AvgIpc) is 3.01. The number of carbonyl (C=O) groups excluding carboxylic acids is 1. The van der Waals surface area contributed by atoms with E-state index in [0.717, 1.165) is 12.1 Å². The minimum atomic E-state index is -0.327. The number of amides is 1. The van der Waals surface area contributed by atoms with Crippen LogP contribution in [0.15, 0.2) is 48.5 Å². The number of anilines is 2. The molecule has 0 atom stereocenters. The monoisotopic (exact) mass is 369 g/mol. The number of hydrogen-bond acceptors (Lipinski definition) is 4. The number of hydrogen-bond donors (Lipinski definition) is 2. The van der Waals surface area contributed by atoms with Crippen LogP contribution in [-0.4, -0.2) is 10.9 Å². The van der Waals surface area contributed by atoms with Crippen LogP contribution in [0.4, 0.5) is 15.2 Å². The van der Waals surface area contributed by atoms with Crippen LogP contribution in [0.25, 0.3) is 0 Å². The van der Waals surface area contributed by atoms with Crippen LogP contribution in [0.5, 0.6) is 0 Å². The first-order valence-corrected chi connectivity index (χ1v) is 9.24. The van der Waals surface area contributed by atoms with Gasteiger partial charge in [-0.2, -0.15) is 0 Å². The first kappa shape index (κ1) is 18.1. The molecule has 0 unspecified atom stereocenters. The zero-order chi connectivity index (χ0) is 18.5. The van der Waals surface area contributed by atoms with E-state index in [1.165, 1.54) is 23.0 Å². The van der Waals surface area contributed by atoms with Crippen LogP contribution >= 0.6 is 11.3 Å². The molecule has 0 aliphatic carbocycles. The molecule has 6 heteroatoms. The number of aromatic nitrogens is 1. The van der Waals surface area contributed by atoms with Crippen molar-refractivity contribution in [2.45, 2.75) is 26.8 Å². The van der Waals surface area contributed by atoms with Crippen molar-refractivity contribution < 1.29 is 9.18 Å². The van der Waals surface area contributed by atoms with Gasteiger partial charge in [-0.3, -0.25) is 4.79 Å². The van der Waals surface area contributed by atoms with E-state index in [1.807, 2.05) is 18.2 Å². The maximum Gasteiger partial charge on any atom is 0.263 e. The lowest BCUT2D eigenvalue weighted by Gasteiger charge is -2.07. The van der Waals surface area contributed by atoms with Gasteiger partial charge < -0.3 is 10.6 Å². The number of nitrogens with one attached hydrogen (secondary N) is 2. The third-order valence-corrected chi connectivity index (χ3v) is 5.11. The van der Waals surface area contributed by atoms with Crippen molar-refractivity contribution >= 4 is 28.1 Å².